The molecule has 0 aromatic carbocycles. The van der Waals surface area contributed by atoms with Crippen molar-refractivity contribution in [3.05, 3.63) is 45.9 Å². The van der Waals surface area contributed by atoms with Crippen LogP contribution in [0.3, 0.4) is 0 Å². The van der Waals surface area contributed by atoms with Gasteiger partial charge in [0.15, 0.2) is 21.3 Å². The third-order valence-electron chi connectivity index (χ3n) is 4.62. The molecule has 0 saturated heterocycles. The molecular weight excluding hydrogens is 442 g/mol. The predicted octanol–water partition coefficient (Wildman–Crippen LogP) is 2.36. The number of anilines is 1. The molecule has 0 fully saturated rings. The van der Waals surface area contributed by atoms with E-state index < -0.39 is 21.4 Å². The minimum Gasteiger partial charge on any atom is -0.360 e. The minimum atomic E-state index is -3.35. The number of nitrogens with one attached hydrogen (secondary N) is 1. The van der Waals surface area contributed by atoms with Gasteiger partial charge in [-0.3, -0.25) is 14.3 Å². The van der Waals surface area contributed by atoms with Crippen LogP contribution in [0.2, 0.25) is 5.28 Å². The third kappa shape index (κ3) is 4.65. The molecule has 3 heterocycles. The fraction of sp³-hybridized carbons (Fsp3) is 0.368. The average molecular weight is 462 g/mol. The zero-order valence-electron chi connectivity index (χ0n) is 17.1. The number of pyridine rings is 1. The van der Waals surface area contributed by atoms with E-state index >= 15 is 0 Å². The zero-order valence-corrected chi connectivity index (χ0v) is 18.6. The summed E-state index contributed by atoms with van der Waals surface area (Å²) in [7, 11) is -3.35. The first-order valence-corrected chi connectivity index (χ1v) is 11.5. The first-order valence-electron chi connectivity index (χ1n) is 9.44. The highest BCUT2D eigenvalue weighted by Crippen LogP contribution is 2.21. The third-order valence-corrected chi connectivity index (χ3v) is 6.52. The van der Waals surface area contributed by atoms with Crippen LogP contribution in [0.15, 0.2) is 34.2 Å². The lowest BCUT2D eigenvalue weighted by atomic mass is 10.1. The maximum atomic E-state index is 13.1. The second-order valence-corrected chi connectivity index (χ2v) is 9.66. The highest BCUT2D eigenvalue weighted by atomic mass is 35.5. The summed E-state index contributed by atoms with van der Waals surface area (Å²) in [4.78, 5) is 29.7. The number of hydrogen-bond acceptors (Lipinski definition) is 9. The average Bonchev–Trinajstić information content (AvgIpc) is 2.75. The summed E-state index contributed by atoms with van der Waals surface area (Å²) in [5.74, 6) is -0.203. The van der Waals surface area contributed by atoms with E-state index in [0.717, 1.165) is 0 Å². The molecule has 10 nitrogen and oxygen atoms in total. The summed E-state index contributed by atoms with van der Waals surface area (Å²) in [6.45, 7) is 5.31. The van der Waals surface area contributed by atoms with Crippen LogP contribution >= 0.6 is 11.6 Å². The van der Waals surface area contributed by atoms with Crippen molar-refractivity contribution in [1.82, 2.24) is 24.5 Å². The second-order valence-electron chi connectivity index (χ2n) is 7.04. The second kappa shape index (κ2) is 8.95. The van der Waals surface area contributed by atoms with Gasteiger partial charge < -0.3 is 5.32 Å². The molecular formula is C19H20ClN7O3S. The van der Waals surface area contributed by atoms with Crippen molar-refractivity contribution < 1.29 is 8.42 Å². The Labute approximate surface area is 183 Å². The van der Waals surface area contributed by atoms with Gasteiger partial charge in [0.2, 0.25) is 5.28 Å². The fourth-order valence-corrected chi connectivity index (χ4v) is 3.85. The number of sulfone groups is 1. The standard InChI is InChI=1S/C19H20ClN7O3S/c1-4-31(29,30)13-6-5-12(22-9-13)8-23-16-18(28)27(15(7-21)11(2)3)17-14(25-16)10-24-19(20)26-17/h5-6,9-11,15H,4,8H2,1-3H3,(H,23,25)/t15-/m0/s1. The van der Waals surface area contributed by atoms with E-state index in [-0.39, 0.29) is 39.9 Å². The van der Waals surface area contributed by atoms with Crippen molar-refractivity contribution in [1.29, 1.82) is 5.26 Å². The Morgan fingerprint density at radius 2 is 1.97 bits per heavy atom. The van der Waals surface area contributed by atoms with Gasteiger partial charge in [0.05, 0.1) is 35.2 Å². The molecule has 3 rings (SSSR count). The van der Waals surface area contributed by atoms with Crippen LogP contribution in [0.4, 0.5) is 5.82 Å². The molecule has 0 radical (unpaired) electrons. The lowest BCUT2D eigenvalue weighted by Gasteiger charge is -2.19. The highest BCUT2D eigenvalue weighted by Gasteiger charge is 2.23. The van der Waals surface area contributed by atoms with Gasteiger partial charge >= 0.3 is 0 Å². The molecule has 0 aliphatic rings. The summed E-state index contributed by atoms with van der Waals surface area (Å²) in [6.07, 6.45) is 2.66. The molecule has 0 aliphatic heterocycles. The van der Waals surface area contributed by atoms with Gasteiger partial charge in [0, 0.05) is 6.20 Å². The molecule has 3 aromatic rings. The molecule has 3 aromatic heterocycles. The number of hydrogen-bond donors (Lipinski definition) is 1. The summed E-state index contributed by atoms with van der Waals surface area (Å²) in [5, 5.41) is 12.5. The van der Waals surface area contributed by atoms with Crippen LogP contribution in [-0.4, -0.2) is 38.7 Å². The van der Waals surface area contributed by atoms with E-state index in [9.17, 15) is 18.5 Å². The first-order chi connectivity index (χ1) is 14.7. The van der Waals surface area contributed by atoms with E-state index in [0.29, 0.717) is 11.2 Å². The molecule has 0 unspecified atom stereocenters. The van der Waals surface area contributed by atoms with Crippen LogP contribution in [0.25, 0.3) is 11.2 Å². The van der Waals surface area contributed by atoms with E-state index in [2.05, 4.69) is 31.3 Å². The van der Waals surface area contributed by atoms with Crippen LogP contribution in [0.5, 0.6) is 0 Å². The quantitative estimate of drug-likeness (QED) is 0.524. The maximum Gasteiger partial charge on any atom is 0.296 e. The normalized spacial score (nSPS) is 12.6. The van der Waals surface area contributed by atoms with Gasteiger partial charge in [-0.15, -0.1) is 0 Å². The van der Waals surface area contributed by atoms with Crippen LogP contribution in [-0.2, 0) is 16.4 Å². The van der Waals surface area contributed by atoms with E-state index in [1.807, 2.05) is 13.8 Å². The van der Waals surface area contributed by atoms with Crippen LogP contribution < -0.4 is 10.9 Å². The van der Waals surface area contributed by atoms with Gasteiger partial charge in [-0.05, 0) is 29.7 Å². The Balaban J connectivity index is 2.00. The highest BCUT2D eigenvalue weighted by molar-refractivity contribution is 7.91. The Morgan fingerprint density at radius 1 is 1.23 bits per heavy atom. The summed E-state index contributed by atoms with van der Waals surface area (Å²) >= 11 is 5.89. The lowest BCUT2D eigenvalue weighted by Crippen LogP contribution is -2.31. The SMILES string of the molecule is CCS(=O)(=O)c1ccc(CNc2nc3cnc(Cl)nc3n([C@@H](C#N)C(C)C)c2=O)nc1. The van der Waals surface area contributed by atoms with Crippen molar-refractivity contribution >= 4 is 38.4 Å². The molecule has 31 heavy (non-hydrogen) atoms. The molecule has 0 aliphatic carbocycles. The number of rotatable bonds is 7. The van der Waals surface area contributed by atoms with Crippen molar-refractivity contribution in [2.45, 2.75) is 38.3 Å². The molecule has 0 saturated carbocycles. The van der Waals surface area contributed by atoms with Crippen LogP contribution in [0.1, 0.15) is 32.5 Å². The molecule has 0 amide bonds. The topological polar surface area (TPSA) is 144 Å². The number of halogens is 1. The lowest BCUT2D eigenvalue weighted by molar-refractivity contribution is 0.458. The first kappa shape index (κ1) is 22.6. The molecule has 0 spiro atoms. The Hall–Kier alpha value is -3.10. The Kier molecular flexibility index (Phi) is 6.52. The molecule has 162 valence electrons. The van der Waals surface area contributed by atoms with Gasteiger partial charge in [-0.1, -0.05) is 20.8 Å². The van der Waals surface area contributed by atoms with Gasteiger partial charge in [0.25, 0.3) is 5.56 Å². The number of fused-ring (bicyclic) bond motifs is 1. The van der Waals surface area contributed by atoms with Crippen molar-refractivity contribution in [2.24, 2.45) is 5.92 Å². The largest absolute Gasteiger partial charge is 0.360 e. The van der Waals surface area contributed by atoms with Crippen LogP contribution in [0, 0.1) is 17.2 Å². The Morgan fingerprint density at radius 3 is 2.55 bits per heavy atom. The number of aromatic nitrogens is 5. The predicted molar refractivity (Wildman–Crippen MR) is 115 cm³/mol. The van der Waals surface area contributed by atoms with Gasteiger partial charge in [-0.2, -0.15) is 10.2 Å². The number of nitrogens with zero attached hydrogens (tertiary/aromatic N) is 6. The zero-order chi connectivity index (χ0) is 22.8. The van der Waals surface area contributed by atoms with Crippen molar-refractivity contribution in [3.63, 3.8) is 0 Å². The van der Waals surface area contributed by atoms with Gasteiger partial charge in [0.1, 0.15) is 11.6 Å². The summed E-state index contributed by atoms with van der Waals surface area (Å²) in [6, 6.07) is 4.37. The van der Waals surface area contributed by atoms with Crippen molar-refractivity contribution in [2.75, 3.05) is 11.1 Å². The van der Waals surface area contributed by atoms with E-state index in [1.54, 1.807) is 13.0 Å². The van der Waals surface area contributed by atoms with Gasteiger partial charge in [-0.25, -0.2) is 18.4 Å². The molecule has 0 bridgehead atoms. The molecule has 12 heteroatoms. The molecule has 1 N–H and O–H groups in total. The van der Waals surface area contributed by atoms with E-state index in [4.69, 9.17) is 11.6 Å². The fourth-order valence-electron chi connectivity index (χ4n) is 2.90. The monoisotopic (exact) mass is 461 g/mol. The minimum absolute atomic E-state index is 0.00798. The summed E-state index contributed by atoms with van der Waals surface area (Å²) in [5.41, 5.74) is 0.441. The number of nitriles is 1. The smallest absolute Gasteiger partial charge is 0.296 e. The van der Waals surface area contributed by atoms with Crippen molar-refractivity contribution in [3.8, 4) is 6.07 Å². The molecule has 1 atom stereocenters. The summed E-state index contributed by atoms with van der Waals surface area (Å²) < 4.78 is 25.1. The van der Waals surface area contributed by atoms with E-state index in [1.165, 1.54) is 23.0 Å². The Bertz CT molecular complexity index is 1320. The maximum absolute atomic E-state index is 13.1.